The van der Waals surface area contributed by atoms with Gasteiger partial charge in [0.2, 0.25) is 0 Å². The number of nitrogens with one attached hydrogen (secondary N) is 1. The summed E-state index contributed by atoms with van der Waals surface area (Å²) in [4.78, 5) is 26.2. The Morgan fingerprint density at radius 3 is 2.57 bits per heavy atom. The van der Waals surface area contributed by atoms with Crippen molar-refractivity contribution in [2.75, 3.05) is 13.7 Å². The van der Waals surface area contributed by atoms with E-state index in [4.69, 9.17) is 9.47 Å². The molecule has 1 aromatic carbocycles. The Bertz CT molecular complexity index is 1020. The van der Waals surface area contributed by atoms with Gasteiger partial charge in [-0.15, -0.1) is 0 Å². The molecule has 1 aliphatic heterocycles. The van der Waals surface area contributed by atoms with Crippen LogP contribution in [0.4, 0.5) is 0 Å². The minimum absolute atomic E-state index is 0.0788. The Morgan fingerprint density at radius 2 is 1.93 bits per heavy atom. The van der Waals surface area contributed by atoms with Crippen LogP contribution in [0.15, 0.2) is 63.6 Å². The monoisotopic (exact) mass is 423 g/mol. The summed E-state index contributed by atoms with van der Waals surface area (Å²) in [7, 11) is 1.64. The van der Waals surface area contributed by atoms with Gasteiger partial charge >= 0.3 is 5.97 Å². The lowest BCUT2D eigenvalue weighted by atomic mass is 9.72. The molecule has 0 saturated carbocycles. The van der Waals surface area contributed by atoms with Crippen molar-refractivity contribution in [2.45, 2.75) is 38.5 Å². The van der Waals surface area contributed by atoms with Gasteiger partial charge in [0, 0.05) is 29.3 Å². The molecule has 2 atom stereocenters. The van der Waals surface area contributed by atoms with Gasteiger partial charge in [0.1, 0.15) is 5.75 Å². The minimum atomic E-state index is -0.379. The van der Waals surface area contributed by atoms with Crippen LogP contribution in [-0.2, 0) is 14.3 Å². The van der Waals surface area contributed by atoms with Crippen molar-refractivity contribution in [3.63, 3.8) is 0 Å². The Balaban J connectivity index is 1.73. The number of esters is 1. The van der Waals surface area contributed by atoms with Crippen LogP contribution < -0.4 is 10.1 Å². The maximum Gasteiger partial charge on any atom is 0.336 e. The Morgan fingerprint density at radius 1 is 1.17 bits per heavy atom. The van der Waals surface area contributed by atoms with Crippen LogP contribution in [0.1, 0.15) is 49.7 Å². The maximum absolute atomic E-state index is 13.4. The van der Waals surface area contributed by atoms with E-state index >= 15 is 0 Å². The average Bonchev–Trinajstić information content (AvgIpc) is 3.27. The number of hydrogen-bond acceptors (Lipinski definition) is 6. The fraction of sp³-hybridized carbons (Fsp3) is 0.333. The Kier molecular flexibility index (Phi) is 5.77. The topological polar surface area (TPSA) is 64.6 Å². The second-order valence-electron chi connectivity index (χ2n) is 7.57. The number of thiophene rings is 1. The summed E-state index contributed by atoms with van der Waals surface area (Å²) in [6, 6.07) is 9.88. The summed E-state index contributed by atoms with van der Waals surface area (Å²) >= 11 is 1.56. The van der Waals surface area contributed by atoms with Crippen molar-refractivity contribution in [1.29, 1.82) is 0 Å². The van der Waals surface area contributed by atoms with Gasteiger partial charge in [-0.25, -0.2) is 4.79 Å². The Labute approximate surface area is 180 Å². The number of dihydropyridines is 1. The van der Waals surface area contributed by atoms with Crippen molar-refractivity contribution >= 4 is 23.1 Å². The summed E-state index contributed by atoms with van der Waals surface area (Å²) in [6.45, 7) is 3.97. The number of benzene rings is 1. The summed E-state index contributed by atoms with van der Waals surface area (Å²) in [6.07, 6.45) is 1.14. The third-order valence-corrected chi connectivity index (χ3v) is 6.49. The summed E-state index contributed by atoms with van der Waals surface area (Å²) in [5.41, 5.74) is 4.98. The molecule has 0 saturated heterocycles. The van der Waals surface area contributed by atoms with E-state index in [2.05, 4.69) is 5.32 Å². The van der Waals surface area contributed by atoms with Gasteiger partial charge in [-0.1, -0.05) is 12.1 Å². The zero-order valence-corrected chi connectivity index (χ0v) is 18.2. The first-order chi connectivity index (χ1) is 14.5. The predicted molar refractivity (Wildman–Crippen MR) is 117 cm³/mol. The number of carbonyl (C=O) groups is 2. The van der Waals surface area contributed by atoms with E-state index in [9.17, 15) is 9.59 Å². The molecule has 156 valence electrons. The first kappa shape index (κ1) is 20.4. The predicted octanol–water partition coefficient (Wildman–Crippen LogP) is 4.68. The normalized spacial score (nSPS) is 21.2. The molecule has 0 radical (unpaired) electrons. The number of ether oxygens (including phenoxy) is 2. The molecular weight excluding hydrogens is 398 g/mol. The van der Waals surface area contributed by atoms with Gasteiger partial charge in [0.25, 0.3) is 0 Å². The SMILES string of the molecule is CCOC(=O)C1=C(C)NC2=C(C(=O)C[C@H](c3ccc(OC)cc3)C2)[C@@H]1c1ccsc1. The standard InChI is InChI=1S/C24H25NO4S/c1-4-29-24(27)21-14(2)25-19-11-17(15-5-7-18(28-3)8-6-15)12-20(26)23(19)22(21)16-9-10-30-13-16/h5-10,13,17,22,25H,4,11-12H2,1-3H3/t17-,22-/m1/s1. The minimum Gasteiger partial charge on any atom is -0.497 e. The van der Waals surface area contributed by atoms with Crippen molar-refractivity contribution in [1.82, 2.24) is 5.32 Å². The summed E-state index contributed by atoms with van der Waals surface area (Å²) < 4.78 is 10.6. The summed E-state index contributed by atoms with van der Waals surface area (Å²) in [5.74, 6) is 0.225. The van der Waals surface area contributed by atoms with E-state index < -0.39 is 0 Å². The molecule has 1 aliphatic carbocycles. The molecule has 1 N–H and O–H groups in total. The first-order valence-electron chi connectivity index (χ1n) is 10.1. The zero-order valence-electron chi connectivity index (χ0n) is 17.4. The van der Waals surface area contributed by atoms with Crippen molar-refractivity contribution in [2.24, 2.45) is 0 Å². The van der Waals surface area contributed by atoms with Crippen LogP contribution in [0.25, 0.3) is 0 Å². The van der Waals surface area contributed by atoms with E-state index in [0.717, 1.165) is 34.7 Å². The molecule has 0 amide bonds. The fourth-order valence-corrected chi connectivity index (χ4v) is 5.09. The fourth-order valence-electron chi connectivity index (χ4n) is 4.40. The van der Waals surface area contributed by atoms with E-state index in [1.54, 1.807) is 25.4 Å². The molecule has 0 fully saturated rings. The van der Waals surface area contributed by atoms with Crippen LogP contribution in [0.5, 0.6) is 5.75 Å². The molecule has 4 rings (SSSR count). The highest BCUT2D eigenvalue weighted by atomic mass is 32.1. The molecule has 0 unspecified atom stereocenters. The molecule has 2 heterocycles. The quantitative estimate of drug-likeness (QED) is 0.708. The molecule has 5 nitrogen and oxygen atoms in total. The van der Waals surface area contributed by atoms with Crippen molar-refractivity contribution < 1.29 is 19.1 Å². The van der Waals surface area contributed by atoms with E-state index in [1.165, 1.54) is 0 Å². The maximum atomic E-state index is 13.4. The number of allylic oxidation sites excluding steroid dienone is 3. The highest BCUT2D eigenvalue weighted by Crippen LogP contribution is 2.46. The van der Waals surface area contributed by atoms with Gasteiger partial charge in [0.15, 0.2) is 5.78 Å². The number of ketones is 1. The van der Waals surface area contributed by atoms with Crippen LogP contribution in [0.2, 0.25) is 0 Å². The van der Waals surface area contributed by atoms with Crippen molar-refractivity contribution in [3.05, 3.63) is 74.8 Å². The number of methoxy groups -OCH3 is 1. The highest BCUT2D eigenvalue weighted by Gasteiger charge is 2.41. The van der Waals surface area contributed by atoms with Crippen LogP contribution in [0, 0.1) is 0 Å². The molecular formula is C24H25NO4S. The lowest BCUT2D eigenvalue weighted by Gasteiger charge is -2.36. The lowest BCUT2D eigenvalue weighted by molar-refractivity contribution is -0.138. The van der Waals surface area contributed by atoms with Crippen molar-refractivity contribution in [3.8, 4) is 5.75 Å². The average molecular weight is 424 g/mol. The molecule has 2 aromatic rings. The second kappa shape index (κ2) is 8.48. The van der Waals surface area contributed by atoms with Crippen LogP contribution in [-0.4, -0.2) is 25.5 Å². The molecule has 0 spiro atoms. The van der Waals surface area contributed by atoms with Crippen LogP contribution >= 0.6 is 11.3 Å². The smallest absolute Gasteiger partial charge is 0.336 e. The third kappa shape index (κ3) is 3.67. The highest BCUT2D eigenvalue weighted by molar-refractivity contribution is 7.08. The first-order valence-corrected chi connectivity index (χ1v) is 11.0. The van der Waals surface area contributed by atoms with Gasteiger partial charge in [-0.3, -0.25) is 4.79 Å². The third-order valence-electron chi connectivity index (χ3n) is 5.79. The molecule has 2 aliphatic rings. The lowest BCUT2D eigenvalue weighted by Crippen LogP contribution is -2.36. The van der Waals surface area contributed by atoms with E-state index in [1.807, 2.05) is 48.0 Å². The van der Waals surface area contributed by atoms with Gasteiger partial charge in [0.05, 0.1) is 19.3 Å². The van der Waals surface area contributed by atoms with Gasteiger partial charge in [-0.2, -0.15) is 11.3 Å². The molecule has 1 aromatic heterocycles. The Hall–Kier alpha value is -2.86. The number of Topliss-reactive ketones (excluding diaryl/α,β-unsaturated/α-hetero) is 1. The second-order valence-corrected chi connectivity index (χ2v) is 8.35. The number of carbonyl (C=O) groups excluding carboxylic acids is 2. The molecule has 0 bridgehead atoms. The summed E-state index contributed by atoms with van der Waals surface area (Å²) in [5, 5.41) is 7.35. The zero-order chi connectivity index (χ0) is 21.3. The number of hydrogen-bond donors (Lipinski definition) is 1. The van der Waals surface area contributed by atoms with E-state index in [0.29, 0.717) is 24.2 Å². The number of rotatable bonds is 5. The van der Waals surface area contributed by atoms with Crippen LogP contribution in [0.3, 0.4) is 0 Å². The largest absolute Gasteiger partial charge is 0.497 e. The van der Waals surface area contributed by atoms with E-state index in [-0.39, 0.29) is 23.6 Å². The van der Waals surface area contributed by atoms with Gasteiger partial charge in [-0.05, 0) is 66.3 Å². The molecule has 6 heteroatoms. The van der Waals surface area contributed by atoms with Gasteiger partial charge < -0.3 is 14.8 Å². The molecule has 30 heavy (non-hydrogen) atoms.